The fourth-order valence-electron chi connectivity index (χ4n) is 0.747. The molecule has 0 bridgehead atoms. The highest BCUT2D eigenvalue weighted by atomic mass is 32.2. The molecule has 0 saturated heterocycles. The van der Waals surface area contributed by atoms with E-state index in [-0.39, 0.29) is 0 Å². The summed E-state index contributed by atoms with van der Waals surface area (Å²) in [4.78, 5) is 4.26. The van der Waals surface area contributed by atoms with Gasteiger partial charge in [-0.2, -0.15) is 0 Å². The minimum Gasteiger partial charge on any atom is -0.330 e. The fraction of sp³-hybridized carbons (Fsp3) is 0.714. The van der Waals surface area contributed by atoms with Crippen LogP contribution in [0.1, 0.15) is 19.2 Å². The Morgan fingerprint density at radius 1 is 1.58 bits per heavy atom. The van der Waals surface area contributed by atoms with Crippen molar-refractivity contribution in [1.29, 1.82) is 0 Å². The van der Waals surface area contributed by atoms with E-state index in [9.17, 15) is 0 Å². The molecule has 0 saturated carbocycles. The first-order valence-electron chi connectivity index (χ1n) is 4.11. The number of nitrogens with one attached hydrogen (secondary N) is 1. The summed E-state index contributed by atoms with van der Waals surface area (Å²) in [5, 5.41) is 7.75. The highest BCUT2D eigenvalue weighted by molar-refractivity contribution is 7.99. The monoisotopic (exact) mass is 186 g/mol. The lowest BCUT2D eigenvalue weighted by Gasteiger charge is -1.91. The third-order valence-electron chi connectivity index (χ3n) is 1.43. The van der Waals surface area contributed by atoms with Crippen LogP contribution >= 0.6 is 11.8 Å². The maximum Gasteiger partial charge on any atom is 0.208 e. The second-order valence-corrected chi connectivity index (χ2v) is 3.47. The van der Waals surface area contributed by atoms with Gasteiger partial charge in [-0.25, -0.2) is 4.98 Å². The van der Waals surface area contributed by atoms with Gasteiger partial charge in [-0.3, -0.25) is 5.10 Å². The number of aromatic nitrogens is 3. The molecule has 0 fully saturated rings. The van der Waals surface area contributed by atoms with Crippen molar-refractivity contribution in [3.05, 3.63) is 5.82 Å². The van der Waals surface area contributed by atoms with Gasteiger partial charge >= 0.3 is 0 Å². The van der Waals surface area contributed by atoms with E-state index in [0.717, 1.165) is 36.1 Å². The molecule has 1 aromatic rings. The molecule has 0 spiro atoms. The van der Waals surface area contributed by atoms with E-state index in [0.29, 0.717) is 0 Å². The lowest BCUT2D eigenvalue weighted by atomic mass is 10.5. The fourth-order valence-corrected chi connectivity index (χ4v) is 1.53. The van der Waals surface area contributed by atoms with E-state index in [1.807, 2.05) is 0 Å². The summed E-state index contributed by atoms with van der Waals surface area (Å²) in [6, 6.07) is 0. The van der Waals surface area contributed by atoms with Crippen LogP contribution in [0, 0.1) is 0 Å². The summed E-state index contributed by atoms with van der Waals surface area (Å²) in [6.07, 6.45) is 1.92. The summed E-state index contributed by atoms with van der Waals surface area (Å²) in [7, 11) is 0. The molecule has 5 heteroatoms. The predicted octanol–water partition coefficient (Wildman–Crippen LogP) is 0.808. The number of hydrogen-bond donors (Lipinski definition) is 2. The molecule has 0 amide bonds. The molecule has 4 nitrogen and oxygen atoms in total. The molecule has 68 valence electrons. The van der Waals surface area contributed by atoms with Gasteiger partial charge in [0, 0.05) is 12.2 Å². The topological polar surface area (TPSA) is 67.6 Å². The van der Waals surface area contributed by atoms with Gasteiger partial charge < -0.3 is 5.73 Å². The molecule has 0 aromatic carbocycles. The van der Waals surface area contributed by atoms with Gasteiger partial charge in [0.05, 0.1) is 0 Å². The number of aromatic amines is 1. The van der Waals surface area contributed by atoms with E-state index >= 15 is 0 Å². The van der Waals surface area contributed by atoms with Crippen molar-refractivity contribution in [3.63, 3.8) is 0 Å². The second-order valence-electron chi connectivity index (χ2n) is 2.41. The molecular formula is C7H14N4S. The Kier molecular flexibility index (Phi) is 4.10. The molecule has 3 N–H and O–H groups in total. The summed E-state index contributed by atoms with van der Waals surface area (Å²) in [5.74, 6) is 1.95. The average molecular weight is 186 g/mol. The molecule has 0 atom stereocenters. The smallest absolute Gasteiger partial charge is 0.208 e. The zero-order valence-corrected chi connectivity index (χ0v) is 8.02. The number of nitrogens with zero attached hydrogens (tertiary/aromatic N) is 2. The van der Waals surface area contributed by atoms with Crippen LogP contribution in [0.5, 0.6) is 0 Å². The lowest BCUT2D eigenvalue weighted by molar-refractivity contribution is 0.927. The molecular weight excluding hydrogens is 172 g/mol. The third-order valence-corrected chi connectivity index (χ3v) is 2.36. The first kappa shape index (κ1) is 9.54. The van der Waals surface area contributed by atoms with E-state index in [1.165, 1.54) is 0 Å². The molecule has 0 radical (unpaired) electrons. The first-order chi connectivity index (χ1) is 5.86. The Labute approximate surface area is 76.3 Å². The summed E-state index contributed by atoms with van der Waals surface area (Å²) in [5.41, 5.74) is 5.36. The van der Waals surface area contributed by atoms with Crippen molar-refractivity contribution < 1.29 is 0 Å². The van der Waals surface area contributed by atoms with E-state index < -0.39 is 0 Å². The molecule has 12 heavy (non-hydrogen) atoms. The molecule has 1 aromatic heterocycles. The van der Waals surface area contributed by atoms with Crippen molar-refractivity contribution in [2.24, 2.45) is 5.73 Å². The molecule has 0 aliphatic heterocycles. The van der Waals surface area contributed by atoms with Gasteiger partial charge in [0.15, 0.2) is 0 Å². The van der Waals surface area contributed by atoms with E-state index in [1.54, 1.807) is 11.8 Å². The van der Waals surface area contributed by atoms with E-state index in [2.05, 4.69) is 22.1 Å². The zero-order valence-electron chi connectivity index (χ0n) is 7.21. The quantitative estimate of drug-likeness (QED) is 0.527. The Balaban J connectivity index is 2.31. The van der Waals surface area contributed by atoms with Crippen molar-refractivity contribution >= 4 is 11.8 Å². The van der Waals surface area contributed by atoms with Crippen LogP contribution in [0.4, 0.5) is 0 Å². The van der Waals surface area contributed by atoms with Gasteiger partial charge in [-0.05, 0) is 13.0 Å². The Bertz CT molecular complexity index is 223. The highest BCUT2D eigenvalue weighted by Crippen LogP contribution is 2.12. The van der Waals surface area contributed by atoms with Gasteiger partial charge in [0.2, 0.25) is 5.16 Å². The maximum absolute atomic E-state index is 5.36. The number of thioether (sulfide) groups is 1. The number of nitrogens with two attached hydrogens (primary N) is 1. The third kappa shape index (κ3) is 2.83. The van der Waals surface area contributed by atoms with Crippen LogP contribution in [-0.2, 0) is 6.42 Å². The van der Waals surface area contributed by atoms with Crippen LogP contribution < -0.4 is 5.73 Å². The number of aryl methyl sites for hydroxylation is 1. The van der Waals surface area contributed by atoms with Crippen molar-refractivity contribution in [2.75, 3.05) is 12.3 Å². The predicted molar refractivity (Wildman–Crippen MR) is 50.2 cm³/mol. The van der Waals surface area contributed by atoms with Crippen LogP contribution in [0.15, 0.2) is 5.16 Å². The normalized spacial score (nSPS) is 10.5. The van der Waals surface area contributed by atoms with Gasteiger partial charge in [-0.15, -0.1) is 5.10 Å². The molecule has 1 rings (SSSR count). The first-order valence-corrected chi connectivity index (χ1v) is 5.09. The maximum atomic E-state index is 5.36. The van der Waals surface area contributed by atoms with Gasteiger partial charge in [-0.1, -0.05) is 18.7 Å². The van der Waals surface area contributed by atoms with Crippen molar-refractivity contribution in [2.45, 2.75) is 24.9 Å². The minimum absolute atomic E-state index is 0.734. The van der Waals surface area contributed by atoms with Crippen molar-refractivity contribution in [1.82, 2.24) is 15.2 Å². The van der Waals surface area contributed by atoms with E-state index in [4.69, 9.17) is 5.73 Å². The summed E-state index contributed by atoms with van der Waals surface area (Å²) >= 11 is 1.65. The minimum atomic E-state index is 0.734. The number of H-pyrrole nitrogens is 1. The lowest BCUT2D eigenvalue weighted by Crippen LogP contribution is -1.99. The zero-order chi connectivity index (χ0) is 8.81. The number of hydrogen-bond acceptors (Lipinski definition) is 4. The highest BCUT2D eigenvalue weighted by Gasteiger charge is 2.00. The van der Waals surface area contributed by atoms with Gasteiger partial charge in [0.1, 0.15) is 5.82 Å². The average Bonchev–Trinajstić information content (AvgIpc) is 2.53. The summed E-state index contributed by atoms with van der Waals surface area (Å²) in [6.45, 7) is 2.78. The standard InChI is InChI=1S/C7H14N4S/c1-2-6-9-7(11-10-6)12-5-3-4-8/h2-5,8H2,1H3,(H,9,10,11). The summed E-state index contributed by atoms with van der Waals surface area (Å²) < 4.78 is 0. The molecule has 0 aliphatic rings. The van der Waals surface area contributed by atoms with Crippen LogP contribution in [0.3, 0.4) is 0 Å². The van der Waals surface area contributed by atoms with Crippen LogP contribution in [-0.4, -0.2) is 27.5 Å². The molecule has 1 heterocycles. The van der Waals surface area contributed by atoms with Crippen molar-refractivity contribution in [3.8, 4) is 0 Å². The van der Waals surface area contributed by atoms with Gasteiger partial charge in [0.25, 0.3) is 0 Å². The molecule has 0 aliphatic carbocycles. The SMILES string of the molecule is CCc1nc(SCCCN)n[nH]1. The molecule has 0 unspecified atom stereocenters. The Morgan fingerprint density at radius 2 is 2.42 bits per heavy atom. The Hall–Kier alpha value is -0.550. The largest absolute Gasteiger partial charge is 0.330 e. The Morgan fingerprint density at radius 3 is 3.00 bits per heavy atom. The second kappa shape index (κ2) is 5.16. The van der Waals surface area contributed by atoms with Crippen LogP contribution in [0.25, 0.3) is 0 Å². The number of rotatable bonds is 5. The van der Waals surface area contributed by atoms with Crippen LogP contribution in [0.2, 0.25) is 0 Å².